The molecule has 0 radical (unpaired) electrons. The maximum absolute atomic E-state index is 13.7. The van der Waals surface area contributed by atoms with E-state index in [1.165, 1.54) is 13.3 Å². The zero-order valence-electron chi connectivity index (χ0n) is 24.3. The van der Waals surface area contributed by atoms with Gasteiger partial charge in [0.15, 0.2) is 0 Å². The van der Waals surface area contributed by atoms with Crippen molar-refractivity contribution < 1.29 is 28.8 Å². The summed E-state index contributed by atoms with van der Waals surface area (Å²) in [6.07, 6.45) is 7.62. The van der Waals surface area contributed by atoms with Gasteiger partial charge in [0.25, 0.3) is 5.78 Å². The van der Waals surface area contributed by atoms with E-state index in [1.54, 1.807) is 30.3 Å². The number of benzene rings is 3. The smallest absolute Gasteiger partial charge is 0.379 e. The van der Waals surface area contributed by atoms with Gasteiger partial charge in [-0.05, 0) is 41.0 Å². The first kappa shape index (κ1) is 30.6. The van der Waals surface area contributed by atoms with Gasteiger partial charge in [0.05, 0.1) is 6.61 Å². The Kier molecular flexibility index (Phi) is 10.9. The van der Waals surface area contributed by atoms with E-state index < -0.39 is 17.7 Å². The zero-order valence-corrected chi connectivity index (χ0v) is 24.3. The summed E-state index contributed by atoms with van der Waals surface area (Å²) in [5.74, 6) is -1.95. The SMILES string of the molecule is CCCCOC(=O)C(=O)c1ccc(-c2ccc(-c3ccccc3C(=O)C(CC3CCCCC3)=NOC(C)=O)cc2)cc1. The third-order valence-electron chi connectivity index (χ3n) is 7.52. The second kappa shape index (κ2) is 15.0. The van der Waals surface area contributed by atoms with E-state index in [2.05, 4.69) is 5.16 Å². The molecule has 42 heavy (non-hydrogen) atoms. The van der Waals surface area contributed by atoms with E-state index in [4.69, 9.17) is 9.57 Å². The molecule has 0 amide bonds. The normalized spacial score (nSPS) is 13.8. The summed E-state index contributed by atoms with van der Waals surface area (Å²) in [6.45, 7) is 3.49. The Balaban J connectivity index is 1.52. The highest BCUT2D eigenvalue weighted by Gasteiger charge is 2.24. The van der Waals surface area contributed by atoms with Crippen molar-refractivity contribution in [2.75, 3.05) is 6.61 Å². The first-order valence-electron chi connectivity index (χ1n) is 14.7. The van der Waals surface area contributed by atoms with Crippen LogP contribution in [0.3, 0.4) is 0 Å². The van der Waals surface area contributed by atoms with Crippen molar-refractivity contribution in [3.05, 3.63) is 83.9 Å². The number of carbonyl (C=O) groups is 4. The van der Waals surface area contributed by atoms with E-state index in [0.29, 0.717) is 17.9 Å². The fourth-order valence-electron chi connectivity index (χ4n) is 5.19. The van der Waals surface area contributed by atoms with Gasteiger partial charge < -0.3 is 9.57 Å². The third kappa shape index (κ3) is 8.09. The highest BCUT2D eigenvalue weighted by atomic mass is 16.7. The van der Waals surface area contributed by atoms with E-state index in [-0.39, 0.29) is 23.7 Å². The highest BCUT2D eigenvalue weighted by molar-refractivity contribution is 6.47. The van der Waals surface area contributed by atoms with Gasteiger partial charge in [0.2, 0.25) is 5.78 Å². The predicted octanol–water partition coefficient (Wildman–Crippen LogP) is 7.62. The molecule has 1 aliphatic carbocycles. The molecule has 0 unspecified atom stereocenters. The maximum Gasteiger partial charge on any atom is 0.379 e. The molecule has 7 nitrogen and oxygen atoms in total. The summed E-state index contributed by atoms with van der Waals surface area (Å²) in [6, 6.07) is 22.0. The minimum atomic E-state index is -0.839. The van der Waals surface area contributed by atoms with Crippen molar-refractivity contribution in [2.24, 2.45) is 11.1 Å². The molecule has 0 heterocycles. The van der Waals surface area contributed by atoms with Crippen LogP contribution in [0.2, 0.25) is 0 Å². The van der Waals surface area contributed by atoms with Crippen molar-refractivity contribution in [3.8, 4) is 22.3 Å². The van der Waals surface area contributed by atoms with E-state index >= 15 is 0 Å². The molecule has 4 rings (SSSR count). The largest absolute Gasteiger partial charge is 0.460 e. The Morgan fingerprint density at radius 1 is 0.786 bits per heavy atom. The van der Waals surface area contributed by atoms with Crippen LogP contribution in [0.5, 0.6) is 0 Å². The van der Waals surface area contributed by atoms with Gasteiger partial charge in [0.1, 0.15) is 5.71 Å². The van der Waals surface area contributed by atoms with Crippen LogP contribution >= 0.6 is 0 Å². The number of carbonyl (C=O) groups excluding carboxylic acids is 4. The van der Waals surface area contributed by atoms with Crippen LogP contribution in [-0.2, 0) is 19.2 Å². The lowest BCUT2D eigenvalue weighted by Crippen LogP contribution is -2.21. The lowest BCUT2D eigenvalue weighted by atomic mass is 9.84. The minimum Gasteiger partial charge on any atom is -0.460 e. The van der Waals surface area contributed by atoms with Gasteiger partial charge in [0, 0.05) is 18.1 Å². The Morgan fingerprint density at radius 3 is 2.05 bits per heavy atom. The molecule has 1 saturated carbocycles. The molecule has 0 aromatic heterocycles. The Morgan fingerprint density at radius 2 is 1.40 bits per heavy atom. The van der Waals surface area contributed by atoms with Crippen LogP contribution in [0.1, 0.15) is 85.9 Å². The number of rotatable bonds is 12. The quantitative estimate of drug-likeness (QED) is 0.0425. The molecule has 1 fully saturated rings. The maximum atomic E-state index is 13.7. The summed E-state index contributed by atoms with van der Waals surface area (Å²) in [5, 5.41) is 4.00. The second-order valence-electron chi connectivity index (χ2n) is 10.7. The van der Waals surface area contributed by atoms with Gasteiger partial charge in [-0.1, -0.05) is 123 Å². The second-order valence-corrected chi connectivity index (χ2v) is 10.7. The number of oxime groups is 1. The van der Waals surface area contributed by atoms with Gasteiger partial charge >= 0.3 is 11.9 Å². The molecule has 0 N–H and O–H groups in total. The van der Waals surface area contributed by atoms with Crippen LogP contribution in [0.25, 0.3) is 22.3 Å². The monoisotopic (exact) mass is 567 g/mol. The molecule has 7 heteroatoms. The minimum absolute atomic E-state index is 0.237. The fraction of sp³-hybridized carbons (Fsp3) is 0.343. The van der Waals surface area contributed by atoms with Crippen molar-refractivity contribution in [3.63, 3.8) is 0 Å². The molecule has 0 saturated heterocycles. The number of esters is 1. The lowest BCUT2D eigenvalue weighted by molar-refractivity contribution is -0.141. The van der Waals surface area contributed by atoms with Crippen molar-refractivity contribution in [1.82, 2.24) is 0 Å². The lowest BCUT2D eigenvalue weighted by Gasteiger charge is -2.21. The number of hydrogen-bond acceptors (Lipinski definition) is 7. The number of ketones is 2. The Hall–Kier alpha value is -4.39. The van der Waals surface area contributed by atoms with Gasteiger partial charge in [-0.3, -0.25) is 9.59 Å². The van der Waals surface area contributed by atoms with Crippen LogP contribution in [0.15, 0.2) is 78.0 Å². The molecule has 1 aliphatic rings. The van der Waals surface area contributed by atoms with Crippen LogP contribution < -0.4 is 0 Å². The number of ether oxygens (including phenoxy) is 1. The van der Waals surface area contributed by atoms with E-state index in [1.807, 2.05) is 49.4 Å². The van der Waals surface area contributed by atoms with Crippen molar-refractivity contribution in [2.45, 2.75) is 65.2 Å². The molecule has 3 aromatic carbocycles. The van der Waals surface area contributed by atoms with Crippen molar-refractivity contribution in [1.29, 1.82) is 0 Å². The molecule has 0 atom stereocenters. The molecular formula is C35H37NO6. The molecule has 0 bridgehead atoms. The molecule has 0 spiro atoms. The molecule has 3 aromatic rings. The van der Waals surface area contributed by atoms with Crippen LogP contribution in [0, 0.1) is 5.92 Å². The average Bonchev–Trinajstić information content (AvgIpc) is 3.03. The number of hydrogen-bond donors (Lipinski definition) is 0. The number of nitrogens with zero attached hydrogens (tertiary/aromatic N) is 1. The summed E-state index contributed by atoms with van der Waals surface area (Å²) in [7, 11) is 0. The van der Waals surface area contributed by atoms with E-state index in [0.717, 1.165) is 60.8 Å². The highest BCUT2D eigenvalue weighted by Crippen LogP contribution is 2.31. The predicted molar refractivity (Wildman–Crippen MR) is 162 cm³/mol. The van der Waals surface area contributed by atoms with E-state index in [9.17, 15) is 19.2 Å². The number of Topliss-reactive ketones (excluding diaryl/α,β-unsaturated/α-hetero) is 2. The number of unbranched alkanes of at least 4 members (excludes halogenated alkanes) is 1. The summed E-state index contributed by atoms with van der Waals surface area (Å²) in [5.41, 5.74) is 4.46. The standard InChI is InChI=1S/C35H37NO6/c1-3-4-22-41-35(40)33(38)29-20-16-27(17-21-29)26-14-18-28(19-15-26)30-12-8-9-13-31(30)34(39)32(36-42-24(2)37)23-25-10-6-5-7-11-25/h8-9,12-21,25H,3-7,10-11,22-23H2,1-2H3. The first-order valence-corrected chi connectivity index (χ1v) is 14.7. The van der Waals surface area contributed by atoms with Gasteiger partial charge in [-0.25, -0.2) is 9.59 Å². The summed E-state index contributed by atoms with van der Waals surface area (Å²) >= 11 is 0. The molecular weight excluding hydrogens is 530 g/mol. The van der Waals surface area contributed by atoms with Gasteiger partial charge in [-0.2, -0.15) is 0 Å². The molecule has 218 valence electrons. The Bertz CT molecular complexity index is 1430. The average molecular weight is 568 g/mol. The summed E-state index contributed by atoms with van der Waals surface area (Å²) in [4.78, 5) is 54.5. The summed E-state index contributed by atoms with van der Waals surface area (Å²) < 4.78 is 5.03. The topological polar surface area (TPSA) is 99.1 Å². The van der Waals surface area contributed by atoms with Gasteiger partial charge in [-0.15, -0.1) is 0 Å². The molecule has 0 aliphatic heterocycles. The van der Waals surface area contributed by atoms with Crippen LogP contribution in [-0.4, -0.2) is 35.8 Å². The third-order valence-corrected chi connectivity index (χ3v) is 7.52. The van der Waals surface area contributed by atoms with Crippen molar-refractivity contribution >= 4 is 29.2 Å². The zero-order chi connectivity index (χ0) is 29.9. The first-order chi connectivity index (χ1) is 20.4. The Labute approximate surface area is 246 Å². The van der Waals surface area contributed by atoms with Crippen LogP contribution in [0.4, 0.5) is 0 Å². The fourth-order valence-corrected chi connectivity index (χ4v) is 5.19.